The summed E-state index contributed by atoms with van der Waals surface area (Å²) in [5.41, 5.74) is 1.43. The fourth-order valence-corrected chi connectivity index (χ4v) is 6.47. The first-order chi connectivity index (χ1) is 17.1. The van der Waals surface area contributed by atoms with Crippen molar-refractivity contribution < 1.29 is 9.59 Å². The average Bonchev–Trinajstić information content (AvgIpc) is 3.45. The molecular weight excluding hydrogens is 444 g/mol. The summed E-state index contributed by atoms with van der Waals surface area (Å²) < 4.78 is 0. The van der Waals surface area contributed by atoms with Crippen molar-refractivity contribution in [3.8, 4) is 0 Å². The van der Waals surface area contributed by atoms with Gasteiger partial charge in [-0.2, -0.15) is 4.98 Å². The van der Waals surface area contributed by atoms with Crippen LogP contribution in [0.15, 0.2) is 24.5 Å². The van der Waals surface area contributed by atoms with Gasteiger partial charge in [-0.1, -0.05) is 12.8 Å². The van der Waals surface area contributed by atoms with E-state index in [0.29, 0.717) is 42.4 Å². The van der Waals surface area contributed by atoms with Crippen LogP contribution in [0.25, 0.3) is 0 Å². The van der Waals surface area contributed by atoms with Gasteiger partial charge < -0.3 is 20.9 Å². The quantitative estimate of drug-likeness (QED) is 0.569. The Labute approximate surface area is 203 Å². The van der Waals surface area contributed by atoms with Crippen LogP contribution in [0.1, 0.15) is 37.7 Å². The van der Waals surface area contributed by atoms with Gasteiger partial charge >= 0.3 is 0 Å². The molecule has 5 aliphatic rings. The second-order valence-corrected chi connectivity index (χ2v) is 10.9. The Bertz CT molecular complexity index is 1180. The van der Waals surface area contributed by atoms with Crippen molar-refractivity contribution in [2.24, 2.45) is 10.8 Å². The summed E-state index contributed by atoms with van der Waals surface area (Å²) in [6, 6.07) is 4.10. The predicted molar refractivity (Wildman–Crippen MR) is 131 cm³/mol. The fraction of sp³-hybridized carbons (Fsp3) is 0.560. The minimum Gasteiger partial charge on any atom is -0.369 e. The van der Waals surface area contributed by atoms with Gasteiger partial charge in [0.05, 0.1) is 11.9 Å². The Kier molecular flexibility index (Phi) is 4.58. The molecule has 35 heavy (non-hydrogen) atoms. The number of fused-ring (bicyclic) bond motifs is 1. The lowest BCUT2D eigenvalue weighted by molar-refractivity contribution is -0.140. The van der Waals surface area contributed by atoms with Crippen LogP contribution in [0, 0.1) is 10.8 Å². The summed E-state index contributed by atoms with van der Waals surface area (Å²) in [6.45, 7) is 4.91. The van der Waals surface area contributed by atoms with E-state index >= 15 is 0 Å². The lowest BCUT2D eigenvalue weighted by Gasteiger charge is -2.57. The van der Waals surface area contributed by atoms with E-state index in [2.05, 4.69) is 36.9 Å². The van der Waals surface area contributed by atoms with Crippen molar-refractivity contribution in [1.82, 2.24) is 25.6 Å². The second-order valence-electron chi connectivity index (χ2n) is 10.9. The Morgan fingerprint density at radius 3 is 2.54 bits per heavy atom. The van der Waals surface area contributed by atoms with Gasteiger partial charge in [0.15, 0.2) is 0 Å². The second kappa shape index (κ2) is 7.61. The summed E-state index contributed by atoms with van der Waals surface area (Å²) in [5.74, 6) is 1.45. The minimum atomic E-state index is -1.02. The van der Waals surface area contributed by atoms with Gasteiger partial charge in [0, 0.05) is 62.4 Å². The smallest absolute Gasteiger partial charge is 0.244 e. The van der Waals surface area contributed by atoms with Gasteiger partial charge in [-0.3, -0.25) is 14.5 Å². The molecule has 0 aromatic carbocycles. The first kappa shape index (κ1) is 21.0. The molecule has 10 nitrogen and oxygen atoms in total. The van der Waals surface area contributed by atoms with Crippen LogP contribution < -0.4 is 25.8 Å². The highest BCUT2D eigenvalue weighted by Crippen LogP contribution is 2.44. The molecular formula is C25H30N8O2. The van der Waals surface area contributed by atoms with Crippen LogP contribution in [0.2, 0.25) is 0 Å². The lowest BCUT2D eigenvalue weighted by Crippen LogP contribution is -2.71. The molecule has 1 saturated carbocycles. The van der Waals surface area contributed by atoms with Crippen molar-refractivity contribution in [3.63, 3.8) is 0 Å². The zero-order valence-electron chi connectivity index (χ0n) is 19.7. The molecule has 2 aromatic rings. The molecule has 4 aliphatic heterocycles. The Balaban J connectivity index is 1.14. The maximum Gasteiger partial charge on any atom is 0.244 e. The molecule has 2 aromatic heterocycles. The third-order valence-corrected chi connectivity index (χ3v) is 8.56. The summed E-state index contributed by atoms with van der Waals surface area (Å²) in [6.07, 6.45) is 8.59. The number of anilines is 4. The molecule has 1 aliphatic carbocycles. The molecule has 0 unspecified atom stereocenters. The first-order valence-electron chi connectivity index (χ1n) is 12.7. The number of nitrogens with one attached hydrogen (secondary N) is 3. The summed E-state index contributed by atoms with van der Waals surface area (Å²) in [5, 5.41) is 9.45. The zero-order valence-corrected chi connectivity index (χ0v) is 19.7. The van der Waals surface area contributed by atoms with E-state index < -0.39 is 5.41 Å². The predicted octanol–water partition coefficient (Wildman–Crippen LogP) is 1.36. The van der Waals surface area contributed by atoms with Gasteiger partial charge in [-0.15, -0.1) is 0 Å². The third-order valence-electron chi connectivity index (χ3n) is 8.56. The van der Waals surface area contributed by atoms with Gasteiger partial charge in [0.1, 0.15) is 17.1 Å². The highest BCUT2D eigenvalue weighted by atomic mass is 16.2. The zero-order chi connectivity index (χ0) is 23.6. The number of rotatable bonds is 4. The number of pyridine rings is 1. The molecule has 3 saturated heterocycles. The van der Waals surface area contributed by atoms with Crippen molar-refractivity contribution in [3.05, 3.63) is 30.1 Å². The SMILES string of the molecule is O=C1NCC[C@@]12Cc1cnc(Nc3ccc(N4CC5(CNC5)C4)cn3)nc1N(C1CCCC1)C2=O. The van der Waals surface area contributed by atoms with E-state index in [4.69, 9.17) is 4.98 Å². The van der Waals surface area contributed by atoms with E-state index in [1.54, 1.807) is 6.20 Å². The highest BCUT2D eigenvalue weighted by molar-refractivity contribution is 6.14. The topological polar surface area (TPSA) is 115 Å². The van der Waals surface area contributed by atoms with Gasteiger partial charge in [0.2, 0.25) is 17.8 Å². The van der Waals surface area contributed by atoms with Crippen molar-refractivity contribution in [2.45, 2.75) is 44.6 Å². The van der Waals surface area contributed by atoms with E-state index in [9.17, 15) is 9.59 Å². The van der Waals surface area contributed by atoms with Crippen molar-refractivity contribution in [2.75, 3.05) is 47.8 Å². The van der Waals surface area contributed by atoms with Crippen molar-refractivity contribution in [1.29, 1.82) is 0 Å². The number of carbonyl (C=O) groups is 2. The van der Waals surface area contributed by atoms with Gasteiger partial charge in [0.25, 0.3) is 0 Å². The minimum absolute atomic E-state index is 0.0812. The van der Waals surface area contributed by atoms with E-state index in [-0.39, 0.29) is 17.9 Å². The first-order valence-corrected chi connectivity index (χ1v) is 12.7. The van der Waals surface area contributed by atoms with Crippen LogP contribution in [-0.2, 0) is 16.0 Å². The van der Waals surface area contributed by atoms with E-state index in [1.165, 1.54) is 0 Å². The molecule has 182 valence electrons. The van der Waals surface area contributed by atoms with Crippen LogP contribution in [-0.4, -0.2) is 65.5 Å². The largest absolute Gasteiger partial charge is 0.369 e. The highest BCUT2D eigenvalue weighted by Gasteiger charge is 2.56. The number of nitrogens with zero attached hydrogens (tertiary/aromatic N) is 5. The number of carbonyl (C=O) groups excluding carboxylic acids is 2. The molecule has 1 atom stereocenters. The molecule has 0 radical (unpaired) electrons. The van der Waals surface area contributed by atoms with Crippen LogP contribution in [0.4, 0.5) is 23.3 Å². The molecule has 0 bridgehead atoms. The average molecular weight is 475 g/mol. The number of hydrogen-bond acceptors (Lipinski definition) is 8. The molecule has 4 fully saturated rings. The van der Waals surface area contributed by atoms with Crippen LogP contribution >= 0.6 is 0 Å². The number of aromatic nitrogens is 3. The molecule has 10 heteroatoms. The molecule has 3 N–H and O–H groups in total. The molecule has 2 amide bonds. The molecule has 2 spiro atoms. The molecule has 6 heterocycles. The Morgan fingerprint density at radius 1 is 1.06 bits per heavy atom. The maximum absolute atomic E-state index is 13.7. The fourth-order valence-electron chi connectivity index (χ4n) is 6.47. The van der Waals surface area contributed by atoms with Gasteiger partial charge in [-0.05, 0) is 31.4 Å². The third kappa shape index (κ3) is 3.22. The van der Waals surface area contributed by atoms with Crippen LogP contribution in [0.5, 0.6) is 0 Å². The summed E-state index contributed by atoms with van der Waals surface area (Å²) in [7, 11) is 0. The maximum atomic E-state index is 13.7. The molecule has 7 rings (SSSR count). The van der Waals surface area contributed by atoms with E-state index in [0.717, 1.165) is 63.1 Å². The summed E-state index contributed by atoms with van der Waals surface area (Å²) in [4.78, 5) is 44.6. The Morgan fingerprint density at radius 2 is 1.89 bits per heavy atom. The Hall–Kier alpha value is -3.27. The summed E-state index contributed by atoms with van der Waals surface area (Å²) >= 11 is 0. The van der Waals surface area contributed by atoms with E-state index in [1.807, 2.05) is 17.2 Å². The lowest BCUT2D eigenvalue weighted by atomic mass is 9.74. The van der Waals surface area contributed by atoms with Crippen LogP contribution in [0.3, 0.4) is 0 Å². The standard InChI is InChI=1S/C25H30N8O2/c34-21-25(7-8-27-21)9-16-10-29-23(31-20(16)33(22(25)35)17-3-1-2-4-17)30-19-6-5-18(11-28-19)32-14-24(15-32)12-26-13-24/h5-6,10-11,17,26H,1-4,7-9,12-15H2,(H,27,34)(H,28,29,30,31)/t25-/m1/s1. The number of hydrogen-bond donors (Lipinski definition) is 3. The monoisotopic (exact) mass is 474 g/mol. The normalized spacial score (nSPS) is 27.1. The van der Waals surface area contributed by atoms with Gasteiger partial charge in [-0.25, -0.2) is 9.97 Å². The number of amides is 2. The van der Waals surface area contributed by atoms with Crippen molar-refractivity contribution >= 4 is 35.1 Å².